The SMILES string of the molecule is CC(C)(CC(=O)N1CCC(O[N+](=O)[O-])CC1)NCC(O)COc1ccccc1C#N. The minimum absolute atomic E-state index is 0.0136. The lowest BCUT2D eigenvalue weighted by Crippen LogP contribution is -2.49. The Balaban J connectivity index is 1.73. The maximum Gasteiger partial charge on any atom is 0.294 e. The van der Waals surface area contributed by atoms with Crippen LogP contribution in [0.25, 0.3) is 0 Å². The van der Waals surface area contributed by atoms with Gasteiger partial charge in [0.25, 0.3) is 5.09 Å². The Morgan fingerprint density at radius 3 is 2.73 bits per heavy atom. The maximum atomic E-state index is 12.6. The number of nitrogens with zero attached hydrogens (tertiary/aromatic N) is 3. The molecule has 1 aliphatic heterocycles. The van der Waals surface area contributed by atoms with E-state index in [0.29, 0.717) is 37.2 Å². The molecule has 0 aliphatic carbocycles. The molecule has 1 amide bonds. The lowest BCUT2D eigenvalue weighted by Gasteiger charge is -2.34. The molecule has 0 radical (unpaired) electrons. The number of carbonyl (C=O) groups excluding carboxylic acids is 1. The fourth-order valence-electron chi connectivity index (χ4n) is 3.21. The van der Waals surface area contributed by atoms with Crippen LogP contribution in [0.1, 0.15) is 38.7 Å². The van der Waals surface area contributed by atoms with Crippen LogP contribution >= 0.6 is 0 Å². The van der Waals surface area contributed by atoms with E-state index in [0.717, 1.165) is 0 Å². The molecule has 2 N–H and O–H groups in total. The van der Waals surface area contributed by atoms with E-state index in [1.807, 2.05) is 19.9 Å². The molecule has 1 aromatic rings. The van der Waals surface area contributed by atoms with Crippen molar-refractivity contribution in [2.45, 2.75) is 50.9 Å². The van der Waals surface area contributed by atoms with E-state index in [9.17, 15) is 20.0 Å². The van der Waals surface area contributed by atoms with Crippen molar-refractivity contribution in [3.63, 3.8) is 0 Å². The topological polar surface area (TPSA) is 138 Å². The van der Waals surface area contributed by atoms with E-state index in [4.69, 9.17) is 10.00 Å². The summed E-state index contributed by atoms with van der Waals surface area (Å²) in [6, 6.07) is 8.83. The van der Waals surface area contributed by atoms with Crippen LogP contribution in [0.5, 0.6) is 5.75 Å². The Morgan fingerprint density at radius 2 is 2.10 bits per heavy atom. The number of hydrogen-bond donors (Lipinski definition) is 2. The minimum Gasteiger partial charge on any atom is -0.489 e. The van der Waals surface area contributed by atoms with Gasteiger partial charge in [-0.1, -0.05) is 12.1 Å². The fourth-order valence-corrected chi connectivity index (χ4v) is 3.21. The van der Waals surface area contributed by atoms with Gasteiger partial charge >= 0.3 is 0 Å². The summed E-state index contributed by atoms with van der Waals surface area (Å²) in [7, 11) is 0. The number of hydrogen-bond acceptors (Lipinski definition) is 8. The zero-order valence-electron chi connectivity index (χ0n) is 17.2. The lowest BCUT2D eigenvalue weighted by atomic mass is 9.98. The summed E-state index contributed by atoms with van der Waals surface area (Å²) in [5.74, 6) is 0.360. The van der Waals surface area contributed by atoms with Crippen LogP contribution in [0, 0.1) is 21.4 Å². The quantitative estimate of drug-likeness (QED) is 0.426. The molecule has 30 heavy (non-hydrogen) atoms. The standard InChI is InChI=1S/C20H28N4O6/c1-20(2,11-19(26)23-9-7-17(8-10-23)30-24(27)28)22-13-16(25)14-29-18-6-4-3-5-15(18)12-21/h3-6,16-17,22,25H,7-11,13-14H2,1-2H3. The van der Waals surface area contributed by atoms with E-state index in [1.54, 1.807) is 29.2 Å². The summed E-state index contributed by atoms with van der Waals surface area (Å²) >= 11 is 0. The van der Waals surface area contributed by atoms with Gasteiger partial charge < -0.3 is 24.9 Å². The Kier molecular flexibility index (Phi) is 8.38. The predicted octanol–water partition coefficient (Wildman–Crippen LogP) is 1.26. The van der Waals surface area contributed by atoms with Crippen LogP contribution in [-0.2, 0) is 9.63 Å². The molecular weight excluding hydrogens is 392 g/mol. The second-order valence-electron chi connectivity index (χ2n) is 7.92. The molecular formula is C20H28N4O6. The minimum atomic E-state index is -0.818. The fraction of sp³-hybridized carbons (Fsp3) is 0.600. The number of nitrogens with one attached hydrogen (secondary N) is 1. The zero-order chi connectivity index (χ0) is 22.1. The molecule has 0 aromatic heterocycles. The second kappa shape index (κ2) is 10.8. The third-order valence-corrected chi connectivity index (χ3v) is 4.88. The van der Waals surface area contributed by atoms with Crippen molar-refractivity contribution in [2.24, 2.45) is 0 Å². The molecule has 0 spiro atoms. The average molecular weight is 420 g/mol. The summed E-state index contributed by atoms with van der Waals surface area (Å²) < 4.78 is 5.52. The van der Waals surface area contributed by atoms with E-state index >= 15 is 0 Å². The highest BCUT2D eigenvalue weighted by Crippen LogP contribution is 2.19. The number of aliphatic hydroxyl groups is 1. The molecule has 1 atom stereocenters. The maximum absolute atomic E-state index is 12.6. The van der Waals surface area contributed by atoms with Crippen LogP contribution in [0.3, 0.4) is 0 Å². The normalized spacial score (nSPS) is 15.9. The van der Waals surface area contributed by atoms with E-state index in [2.05, 4.69) is 10.2 Å². The van der Waals surface area contributed by atoms with Gasteiger partial charge in [0.1, 0.15) is 30.6 Å². The molecule has 0 bridgehead atoms. The van der Waals surface area contributed by atoms with Crippen molar-refractivity contribution in [1.82, 2.24) is 10.2 Å². The van der Waals surface area contributed by atoms with Gasteiger partial charge in [0.15, 0.2) is 0 Å². The third kappa shape index (κ3) is 7.50. The summed E-state index contributed by atoms with van der Waals surface area (Å²) in [4.78, 5) is 29.2. The number of ether oxygens (including phenoxy) is 1. The van der Waals surface area contributed by atoms with Gasteiger partial charge in [-0.05, 0) is 38.8 Å². The van der Waals surface area contributed by atoms with Gasteiger partial charge in [-0.25, -0.2) is 0 Å². The van der Waals surface area contributed by atoms with E-state index in [-0.39, 0.29) is 25.5 Å². The Morgan fingerprint density at radius 1 is 1.43 bits per heavy atom. The number of carbonyl (C=O) groups is 1. The van der Waals surface area contributed by atoms with Crippen molar-refractivity contribution in [1.29, 1.82) is 5.26 Å². The molecule has 10 nitrogen and oxygen atoms in total. The third-order valence-electron chi connectivity index (χ3n) is 4.88. The molecule has 164 valence electrons. The summed E-state index contributed by atoms with van der Waals surface area (Å²) in [6.07, 6.45) is -0.196. The number of likely N-dealkylation sites (tertiary alicyclic amines) is 1. The first-order valence-electron chi connectivity index (χ1n) is 9.84. The van der Waals surface area contributed by atoms with Crippen molar-refractivity contribution in [3.05, 3.63) is 39.9 Å². The van der Waals surface area contributed by atoms with Gasteiger partial charge in [0.2, 0.25) is 5.91 Å². The number of aliphatic hydroxyl groups excluding tert-OH is 1. The number of para-hydroxylation sites is 1. The highest BCUT2D eigenvalue weighted by atomic mass is 17.0. The van der Waals surface area contributed by atoms with Crippen molar-refractivity contribution < 1.29 is 24.6 Å². The van der Waals surface area contributed by atoms with Gasteiger partial charge in [-0.3, -0.25) is 4.79 Å². The number of piperidine rings is 1. The number of rotatable bonds is 10. The van der Waals surface area contributed by atoms with Crippen LogP contribution in [0.2, 0.25) is 0 Å². The molecule has 0 saturated carbocycles. The number of benzene rings is 1. The number of β-amino-alcohol motifs (C(OH)–C–C–N with tert-alkyl or cyclic N) is 1. The van der Waals surface area contributed by atoms with Gasteiger partial charge in [-0.15, -0.1) is 10.1 Å². The van der Waals surface area contributed by atoms with Gasteiger partial charge in [0, 0.05) is 31.6 Å². The molecule has 1 fully saturated rings. The van der Waals surface area contributed by atoms with Gasteiger partial charge in [0.05, 0.1) is 5.56 Å². The predicted molar refractivity (Wildman–Crippen MR) is 107 cm³/mol. The lowest BCUT2D eigenvalue weighted by molar-refractivity contribution is -0.769. The van der Waals surface area contributed by atoms with Crippen LogP contribution in [0.15, 0.2) is 24.3 Å². The summed E-state index contributed by atoms with van der Waals surface area (Å²) in [5.41, 5.74) is -0.160. The number of nitriles is 1. The smallest absolute Gasteiger partial charge is 0.294 e. The highest BCUT2D eigenvalue weighted by molar-refractivity contribution is 5.77. The molecule has 1 aliphatic rings. The van der Waals surface area contributed by atoms with Crippen molar-refractivity contribution >= 4 is 5.91 Å². The summed E-state index contributed by atoms with van der Waals surface area (Å²) in [5, 5.41) is 32.0. The number of amides is 1. The van der Waals surface area contributed by atoms with Gasteiger partial charge in [-0.2, -0.15) is 5.26 Å². The first-order chi connectivity index (χ1) is 14.2. The highest BCUT2D eigenvalue weighted by Gasteiger charge is 2.29. The average Bonchev–Trinajstić information content (AvgIpc) is 2.70. The second-order valence-corrected chi connectivity index (χ2v) is 7.92. The van der Waals surface area contributed by atoms with Crippen LogP contribution in [0.4, 0.5) is 0 Å². The van der Waals surface area contributed by atoms with Crippen molar-refractivity contribution in [3.8, 4) is 11.8 Å². The Labute approximate surface area is 175 Å². The molecule has 2 rings (SSSR count). The van der Waals surface area contributed by atoms with Crippen LogP contribution < -0.4 is 10.1 Å². The first-order valence-corrected chi connectivity index (χ1v) is 9.84. The molecule has 1 saturated heterocycles. The molecule has 10 heteroatoms. The largest absolute Gasteiger partial charge is 0.489 e. The summed E-state index contributed by atoms with van der Waals surface area (Å²) in [6.45, 7) is 4.80. The zero-order valence-corrected chi connectivity index (χ0v) is 17.2. The van der Waals surface area contributed by atoms with Crippen molar-refractivity contribution in [2.75, 3.05) is 26.2 Å². The molecule has 1 heterocycles. The monoisotopic (exact) mass is 420 g/mol. The molecule has 1 aromatic carbocycles. The van der Waals surface area contributed by atoms with E-state index < -0.39 is 22.8 Å². The van der Waals surface area contributed by atoms with E-state index in [1.165, 1.54) is 0 Å². The Bertz CT molecular complexity index is 771. The first kappa shape index (κ1) is 23.4. The molecule has 1 unspecified atom stereocenters. The van der Waals surface area contributed by atoms with Crippen LogP contribution in [-0.4, -0.2) is 65.0 Å². The Hall–Kier alpha value is -2.90.